The molecule has 6 rings (SSSR count). The van der Waals surface area contributed by atoms with E-state index in [-0.39, 0.29) is 73.1 Å². The lowest BCUT2D eigenvalue weighted by molar-refractivity contribution is -0.117. The monoisotopic (exact) mass is 687 g/mol. The molecule has 0 aromatic heterocycles. The Morgan fingerprint density at radius 2 is 1.40 bits per heavy atom. The number of aromatic hydroxyl groups is 1. The number of carbonyl (C=O) groups is 1. The fourth-order valence-corrected chi connectivity index (χ4v) is 7.90. The van der Waals surface area contributed by atoms with Crippen LogP contribution in [0.2, 0.25) is 0 Å². The number of hydrogen-bond donors (Lipinski definition) is 6. The molecule has 0 radical (unpaired) electrons. The highest BCUT2D eigenvalue weighted by Gasteiger charge is 2.36. The van der Waals surface area contributed by atoms with E-state index in [4.69, 9.17) is 14.2 Å². The summed E-state index contributed by atoms with van der Waals surface area (Å²) < 4.78 is 16.9. The topological polar surface area (TPSA) is 192 Å². The van der Waals surface area contributed by atoms with Crippen molar-refractivity contribution in [3.63, 3.8) is 0 Å². The quantitative estimate of drug-likeness (QED) is 0.0506. The van der Waals surface area contributed by atoms with Crippen LogP contribution in [0.15, 0.2) is 27.3 Å². The lowest BCUT2D eigenvalue weighted by Gasteiger charge is -2.26. The van der Waals surface area contributed by atoms with Gasteiger partial charge in [-0.05, 0) is 82.6 Å². The second-order valence-corrected chi connectivity index (χ2v) is 12.6. The van der Waals surface area contributed by atoms with Crippen molar-refractivity contribution in [2.45, 2.75) is 45.8 Å². The first-order valence-corrected chi connectivity index (χ1v) is 16.6. The molecule has 12 heteroatoms. The Hall–Kier alpha value is -4.43. The third-order valence-corrected chi connectivity index (χ3v) is 9.66. The van der Waals surface area contributed by atoms with Crippen LogP contribution in [-0.4, -0.2) is 84.6 Å². The average Bonchev–Trinajstić information content (AvgIpc) is 3.22. The van der Waals surface area contributed by atoms with Crippen LogP contribution >= 0.6 is 0 Å². The number of phenolic OH excluding ortho intramolecular Hbond substituents is 1. The number of nitrogens with one attached hydrogen (secondary N) is 1. The number of carbonyl (C=O) groups excluding carboxylic acids is 1. The molecular formula is C38H41NO11. The maximum Gasteiger partial charge on any atom is 0.190 e. The highest BCUT2D eigenvalue weighted by Crippen LogP contribution is 2.56. The predicted molar refractivity (Wildman–Crippen MR) is 191 cm³/mol. The molecule has 50 heavy (non-hydrogen) atoms. The molecule has 1 atom stereocenters. The van der Waals surface area contributed by atoms with E-state index in [1.165, 1.54) is 26.2 Å². The van der Waals surface area contributed by atoms with Gasteiger partial charge in [0.25, 0.3) is 0 Å². The third-order valence-electron chi connectivity index (χ3n) is 9.66. The molecule has 0 spiro atoms. The number of anilines is 1. The minimum Gasteiger partial charge on any atom is -0.504 e. The first-order chi connectivity index (χ1) is 24.2. The van der Waals surface area contributed by atoms with Crippen LogP contribution in [0.4, 0.5) is 5.69 Å². The highest BCUT2D eigenvalue weighted by atomic mass is 16.5. The minimum absolute atomic E-state index is 0.0347. The molecule has 6 N–H and O–H groups in total. The Bertz CT molecular complexity index is 2260. The van der Waals surface area contributed by atoms with Crippen LogP contribution < -0.4 is 20.9 Å². The number of Topliss-reactive ketones (excluding diaryl/α,β-unsaturated/α-hetero) is 1. The van der Waals surface area contributed by atoms with Crippen LogP contribution in [0.3, 0.4) is 0 Å². The molecule has 0 heterocycles. The molecule has 0 amide bonds. The zero-order valence-corrected chi connectivity index (χ0v) is 28.3. The Morgan fingerprint density at radius 1 is 0.800 bits per heavy atom. The van der Waals surface area contributed by atoms with Crippen LogP contribution in [-0.2, 0) is 33.9 Å². The van der Waals surface area contributed by atoms with Gasteiger partial charge in [0.15, 0.2) is 22.4 Å². The number of phenols is 1. The number of allylic oxidation sites excluding steroid dienone is 1. The van der Waals surface area contributed by atoms with Crippen molar-refractivity contribution in [2.75, 3.05) is 58.6 Å². The Morgan fingerprint density at radius 3 is 1.98 bits per heavy atom. The summed E-state index contributed by atoms with van der Waals surface area (Å²) in [5.74, 6) is -1.62. The molecule has 5 aromatic rings. The van der Waals surface area contributed by atoms with Crippen molar-refractivity contribution in [1.29, 1.82) is 0 Å². The smallest absolute Gasteiger partial charge is 0.190 e. The van der Waals surface area contributed by atoms with E-state index >= 15 is 0 Å². The van der Waals surface area contributed by atoms with E-state index < -0.39 is 30.3 Å². The number of ether oxygens (including phenoxy) is 3. The van der Waals surface area contributed by atoms with Crippen LogP contribution in [0.5, 0.6) is 11.5 Å². The van der Waals surface area contributed by atoms with E-state index in [1.807, 2.05) is 13.0 Å². The number of benzene rings is 5. The number of methoxy groups -OCH3 is 1. The van der Waals surface area contributed by atoms with Gasteiger partial charge >= 0.3 is 0 Å². The highest BCUT2D eigenvalue weighted by molar-refractivity contribution is 6.39. The first-order valence-electron chi connectivity index (χ1n) is 16.6. The molecule has 12 nitrogen and oxygen atoms in total. The molecule has 264 valence electrons. The molecular weight excluding hydrogens is 646 g/mol. The summed E-state index contributed by atoms with van der Waals surface area (Å²) in [5, 5.41) is 57.9. The number of rotatable bonds is 16. The maximum absolute atomic E-state index is 14.3. The first kappa shape index (κ1) is 35.4. The Kier molecular flexibility index (Phi) is 10.2. The lowest BCUT2D eigenvalue weighted by Crippen LogP contribution is -2.17. The van der Waals surface area contributed by atoms with Gasteiger partial charge in [0.1, 0.15) is 5.78 Å². The van der Waals surface area contributed by atoms with Gasteiger partial charge in [0, 0.05) is 35.2 Å². The molecule has 1 aliphatic carbocycles. The summed E-state index contributed by atoms with van der Waals surface area (Å²) in [4.78, 5) is 41.7. The normalized spacial score (nSPS) is 14.4. The third kappa shape index (κ3) is 5.52. The molecule has 0 saturated carbocycles. The molecule has 0 aliphatic heterocycles. The van der Waals surface area contributed by atoms with Gasteiger partial charge in [0.2, 0.25) is 0 Å². The van der Waals surface area contributed by atoms with Crippen LogP contribution in [0, 0.1) is 0 Å². The second-order valence-electron chi connectivity index (χ2n) is 12.6. The number of aliphatic hydroxyl groups is 4. The standard InChI is InChI=1S/C38H41NO11/c1-18-13-23-22(5-4-9-49-11-7-40)36(39-6-10-50-12-8-41)30-24(45)14-20(16-42)27-28-21(17-43)15-25(46)31-33(28)34(29(23)32(27)30)35(26(18)19(2)44)38(48-3)37(31)47/h13-15,26,39-43,47H,4-12,16-17H2,1-3H3. The molecule has 0 fully saturated rings. The van der Waals surface area contributed by atoms with Gasteiger partial charge in [-0.3, -0.25) is 14.4 Å². The van der Waals surface area contributed by atoms with Crippen molar-refractivity contribution < 1.29 is 44.5 Å². The molecule has 0 saturated heterocycles. The second kappa shape index (κ2) is 14.4. The van der Waals surface area contributed by atoms with E-state index in [9.17, 15) is 39.9 Å². The van der Waals surface area contributed by atoms with Crippen LogP contribution in [0.1, 0.15) is 54.0 Å². The van der Waals surface area contributed by atoms with E-state index in [1.54, 1.807) is 0 Å². The summed E-state index contributed by atoms with van der Waals surface area (Å²) >= 11 is 0. The van der Waals surface area contributed by atoms with Gasteiger partial charge in [-0.1, -0.05) is 11.6 Å². The predicted octanol–water partition coefficient (Wildman–Crippen LogP) is 3.05. The molecule has 5 aromatic carbocycles. The van der Waals surface area contributed by atoms with E-state index in [0.29, 0.717) is 79.5 Å². The number of hydrogen-bond acceptors (Lipinski definition) is 12. The summed E-state index contributed by atoms with van der Waals surface area (Å²) in [5.41, 5.74) is 2.49. The summed E-state index contributed by atoms with van der Waals surface area (Å²) in [7, 11) is 1.36. The SMILES string of the molecule is COc1c(O)c2c(=O)cc(CO)c3c4c(CO)cc(=O)c5c(NCCOCCO)c(CCCOCCO)c6c(c(c1C(C(C)=O)C(C)=C6)c23)c54. The summed E-state index contributed by atoms with van der Waals surface area (Å²) in [6, 6.07) is 2.60. The van der Waals surface area contributed by atoms with E-state index in [0.717, 1.165) is 5.56 Å². The molecule has 0 bridgehead atoms. The summed E-state index contributed by atoms with van der Waals surface area (Å²) in [6.07, 6.45) is 2.81. The number of aliphatic hydroxyl groups excluding tert-OH is 4. The van der Waals surface area contributed by atoms with Gasteiger partial charge in [-0.15, -0.1) is 0 Å². The average molecular weight is 688 g/mol. The van der Waals surface area contributed by atoms with Crippen LogP contribution in [0.25, 0.3) is 49.2 Å². The molecule has 1 unspecified atom stereocenters. The number of ketones is 1. The fourth-order valence-electron chi connectivity index (χ4n) is 7.90. The lowest BCUT2D eigenvalue weighted by atomic mass is 9.78. The van der Waals surface area contributed by atoms with E-state index in [2.05, 4.69) is 5.32 Å². The van der Waals surface area contributed by atoms with Gasteiger partial charge in [-0.25, -0.2) is 0 Å². The molecule has 1 aliphatic rings. The largest absolute Gasteiger partial charge is 0.504 e. The van der Waals surface area contributed by atoms with Crippen molar-refractivity contribution in [1.82, 2.24) is 0 Å². The van der Waals surface area contributed by atoms with Crippen molar-refractivity contribution in [3.05, 3.63) is 66.0 Å². The van der Waals surface area contributed by atoms with Gasteiger partial charge in [-0.2, -0.15) is 0 Å². The maximum atomic E-state index is 14.3. The summed E-state index contributed by atoms with van der Waals surface area (Å²) in [6.45, 7) is 3.00. The zero-order valence-electron chi connectivity index (χ0n) is 28.3. The van der Waals surface area contributed by atoms with Crippen molar-refractivity contribution in [2.24, 2.45) is 0 Å². The fraction of sp³-hybridized carbons (Fsp3) is 0.395. The zero-order chi connectivity index (χ0) is 35.9. The van der Waals surface area contributed by atoms with Crippen molar-refractivity contribution >= 4 is 60.6 Å². The number of fused-ring (bicyclic) bond motifs is 1. The Labute approximate surface area is 286 Å². The Balaban J connectivity index is 1.92. The van der Waals surface area contributed by atoms with Crippen molar-refractivity contribution in [3.8, 4) is 11.5 Å². The van der Waals surface area contributed by atoms with Gasteiger partial charge < -0.3 is 45.1 Å². The minimum atomic E-state index is -0.906. The van der Waals surface area contributed by atoms with Gasteiger partial charge in [0.05, 0.1) is 70.0 Å².